The van der Waals surface area contributed by atoms with Crippen LogP contribution in [0, 0.1) is 13.8 Å². The lowest BCUT2D eigenvalue weighted by Gasteiger charge is -2.16. The molecule has 1 aromatic rings. The number of carboxylic acids is 1. The molecule has 1 atom stereocenters. The van der Waals surface area contributed by atoms with Gasteiger partial charge in [-0.15, -0.1) is 0 Å². The number of carbonyl (C=O) groups excluding carboxylic acids is 1. The quantitative estimate of drug-likeness (QED) is 0.736. The van der Waals surface area contributed by atoms with Crippen LogP contribution in [-0.2, 0) is 9.59 Å². The third-order valence-corrected chi connectivity index (χ3v) is 2.57. The first kappa shape index (κ1) is 14.0. The summed E-state index contributed by atoms with van der Waals surface area (Å²) in [4.78, 5) is 21.8. The molecule has 0 spiro atoms. The molecule has 98 valence electrons. The van der Waals surface area contributed by atoms with Gasteiger partial charge in [-0.1, -0.05) is 12.1 Å². The Kier molecular flexibility index (Phi) is 4.71. The van der Waals surface area contributed by atoms with Gasteiger partial charge in [0, 0.05) is 19.2 Å². The minimum Gasteiger partial charge on any atom is -0.480 e. The van der Waals surface area contributed by atoms with Crippen LogP contribution in [-0.4, -0.2) is 29.6 Å². The number of benzene rings is 1. The molecule has 0 aromatic heterocycles. The fraction of sp³-hybridized carbons (Fsp3) is 0.385. The summed E-state index contributed by atoms with van der Waals surface area (Å²) >= 11 is 0. The summed E-state index contributed by atoms with van der Waals surface area (Å²) in [5.74, 6) is -1.41. The van der Waals surface area contributed by atoms with Gasteiger partial charge in [0.15, 0.2) is 0 Å². The van der Waals surface area contributed by atoms with E-state index in [-0.39, 0.29) is 12.5 Å². The molecule has 0 radical (unpaired) electrons. The first-order chi connectivity index (χ1) is 8.40. The number of hydrogen-bond acceptors (Lipinski definition) is 3. The second-order valence-electron chi connectivity index (χ2n) is 4.29. The molecule has 5 nitrogen and oxygen atoms in total. The Hall–Kier alpha value is -2.04. The number of amides is 1. The van der Waals surface area contributed by atoms with E-state index in [0.29, 0.717) is 0 Å². The fourth-order valence-electron chi connectivity index (χ4n) is 1.58. The van der Waals surface area contributed by atoms with E-state index in [0.717, 1.165) is 16.8 Å². The molecule has 3 N–H and O–H groups in total. The van der Waals surface area contributed by atoms with Crippen LogP contribution < -0.4 is 10.6 Å². The molecule has 0 aliphatic heterocycles. The molecule has 1 rings (SSSR count). The number of carboxylic acid groups (broad SMARTS) is 1. The first-order valence-corrected chi connectivity index (χ1v) is 5.71. The van der Waals surface area contributed by atoms with Crippen LogP contribution in [0.2, 0.25) is 0 Å². The third kappa shape index (κ3) is 4.08. The molecule has 0 aliphatic rings. The van der Waals surface area contributed by atoms with E-state index in [1.165, 1.54) is 6.92 Å². The lowest BCUT2D eigenvalue weighted by Crippen LogP contribution is -2.44. The number of rotatable bonds is 5. The zero-order valence-corrected chi connectivity index (χ0v) is 10.8. The van der Waals surface area contributed by atoms with Crippen molar-refractivity contribution in [2.24, 2.45) is 0 Å². The molecule has 5 heteroatoms. The van der Waals surface area contributed by atoms with Crippen LogP contribution in [0.4, 0.5) is 5.69 Å². The minimum atomic E-state index is -1.05. The number of aryl methyl sites for hydroxylation is 2. The Morgan fingerprint density at radius 3 is 2.56 bits per heavy atom. The molecule has 0 heterocycles. The maximum absolute atomic E-state index is 11.0. The molecule has 0 saturated heterocycles. The average Bonchev–Trinajstić information content (AvgIpc) is 2.27. The smallest absolute Gasteiger partial charge is 0.328 e. The standard InChI is InChI=1S/C13H18N2O3/c1-8-4-5-9(2)11(6-8)14-7-12(13(17)18)15-10(3)16/h4-6,12,14H,7H2,1-3H3,(H,15,16)(H,17,18). The zero-order valence-electron chi connectivity index (χ0n) is 10.8. The monoisotopic (exact) mass is 250 g/mol. The largest absolute Gasteiger partial charge is 0.480 e. The summed E-state index contributed by atoms with van der Waals surface area (Å²) in [5.41, 5.74) is 3.01. The molecule has 0 bridgehead atoms. The number of anilines is 1. The van der Waals surface area contributed by atoms with Gasteiger partial charge in [-0.2, -0.15) is 0 Å². The first-order valence-electron chi connectivity index (χ1n) is 5.71. The van der Waals surface area contributed by atoms with Crippen molar-refractivity contribution in [3.8, 4) is 0 Å². The van der Waals surface area contributed by atoms with Crippen molar-refractivity contribution in [2.75, 3.05) is 11.9 Å². The molecule has 1 unspecified atom stereocenters. The number of carbonyl (C=O) groups is 2. The summed E-state index contributed by atoms with van der Waals surface area (Å²) in [5, 5.41) is 14.4. The molecule has 1 amide bonds. The van der Waals surface area contributed by atoms with E-state index in [9.17, 15) is 9.59 Å². The third-order valence-electron chi connectivity index (χ3n) is 2.57. The SMILES string of the molecule is CC(=O)NC(CNc1cc(C)ccc1C)C(=O)O. The fourth-order valence-corrected chi connectivity index (χ4v) is 1.58. The van der Waals surface area contributed by atoms with Crippen LogP contribution in [0.3, 0.4) is 0 Å². The van der Waals surface area contributed by atoms with Crippen molar-refractivity contribution >= 4 is 17.6 Å². The van der Waals surface area contributed by atoms with Crippen molar-refractivity contribution < 1.29 is 14.7 Å². The van der Waals surface area contributed by atoms with Crippen LogP contribution in [0.15, 0.2) is 18.2 Å². The number of hydrogen-bond donors (Lipinski definition) is 3. The van der Waals surface area contributed by atoms with Crippen molar-refractivity contribution in [2.45, 2.75) is 26.8 Å². The summed E-state index contributed by atoms with van der Waals surface area (Å²) in [7, 11) is 0. The second kappa shape index (κ2) is 6.05. The molecular formula is C13H18N2O3. The van der Waals surface area contributed by atoms with Crippen molar-refractivity contribution in [3.63, 3.8) is 0 Å². The number of nitrogens with one attached hydrogen (secondary N) is 2. The van der Waals surface area contributed by atoms with E-state index in [4.69, 9.17) is 5.11 Å². The van der Waals surface area contributed by atoms with Crippen LogP contribution in [0.25, 0.3) is 0 Å². The van der Waals surface area contributed by atoms with Crippen molar-refractivity contribution in [1.29, 1.82) is 0 Å². The lowest BCUT2D eigenvalue weighted by molar-refractivity contribution is -0.141. The van der Waals surface area contributed by atoms with Crippen LogP contribution in [0.1, 0.15) is 18.1 Å². The molecule has 0 aliphatic carbocycles. The lowest BCUT2D eigenvalue weighted by atomic mass is 10.1. The van der Waals surface area contributed by atoms with Gasteiger partial charge < -0.3 is 15.7 Å². The van der Waals surface area contributed by atoms with Crippen LogP contribution in [0.5, 0.6) is 0 Å². The van der Waals surface area contributed by atoms with Gasteiger partial charge in [-0.3, -0.25) is 4.79 Å². The highest BCUT2D eigenvalue weighted by molar-refractivity contribution is 5.82. The Labute approximate surface area is 106 Å². The minimum absolute atomic E-state index is 0.152. The molecular weight excluding hydrogens is 232 g/mol. The molecule has 0 saturated carbocycles. The zero-order chi connectivity index (χ0) is 13.7. The average molecular weight is 250 g/mol. The van der Waals surface area contributed by atoms with Gasteiger partial charge in [0.05, 0.1) is 0 Å². The van der Waals surface area contributed by atoms with E-state index >= 15 is 0 Å². The van der Waals surface area contributed by atoms with Gasteiger partial charge >= 0.3 is 5.97 Å². The summed E-state index contributed by atoms with van der Waals surface area (Å²) in [6, 6.07) is 4.97. The van der Waals surface area contributed by atoms with Gasteiger partial charge in [0.1, 0.15) is 6.04 Å². The van der Waals surface area contributed by atoms with E-state index in [1.54, 1.807) is 0 Å². The Bertz CT molecular complexity index is 458. The molecule has 0 fully saturated rings. The van der Waals surface area contributed by atoms with Gasteiger partial charge in [-0.05, 0) is 31.0 Å². The van der Waals surface area contributed by atoms with Crippen molar-refractivity contribution in [1.82, 2.24) is 5.32 Å². The molecule has 18 heavy (non-hydrogen) atoms. The van der Waals surface area contributed by atoms with Gasteiger partial charge in [0.25, 0.3) is 0 Å². The highest BCUT2D eigenvalue weighted by Crippen LogP contribution is 2.16. The predicted molar refractivity (Wildman–Crippen MR) is 69.6 cm³/mol. The maximum Gasteiger partial charge on any atom is 0.328 e. The highest BCUT2D eigenvalue weighted by atomic mass is 16.4. The Morgan fingerprint density at radius 1 is 1.33 bits per heavy atom. The van der Waals surface area contributed by atoms with E-state index < -0.39 is 12.0 Å². The predicted octanol–water partition coefficient (Wildman–Crippen LogP) is 1.30. The van der Waals surface area contributed by atoms with Crippen LogP contribution >= 0.6 is 0 Å². The normalized spacial score (nSPS) is 11.7. The highest BCUT2D eigenvalue weighted by Gasteiger charge is 2.17. The second-order valence-corrected chi connectivity index (χ2v) is 4.29. The maximum atomic E-state index is 11.0. The van der Waals surface area contributed by atoms with E-state index in [1.807, 2.05) is 32.0 Å². The Morgan fingerprint density at radius 2 is 2.00 bits per heavy atom. The Balaban J connectivity index is 2.69. The molecule has 1 aromatic carbocycles. The summed E-state index contributed by atoms with van der Waals surface area (Å²) in [6.45, 7) is 5.36. The van der Waals surface area contributed by atoms with E-state index in [2.05, 4.69) is 10.6 Å². The topological polar surface area (TPSA) is 78.4 Å². The van der Waals surface area contributed by atoms with Crippen molar-refractivity contribution in [3.05, 3.63) is 29.3 Å². The van der Waals surface area contributed by atoms with Gasteiger partial charge in [0.2, 0.25) is 5.91 Å². The number of aliphatic carboxylic acids is 1. The summed E-state index contributed by atoms with van der Waals surface area (Å²) < 4.78 is 0. The summed E-state index contributed by atoms with van der Waals surface area (Å²) in [6.07, 6.45) is 0. The van der Waals surface area contributed by atoms with Gasteiger partial charge in [-0.25, -0.2) is 4.79 Å².